The lowest BCUT2D eigenvalue weighted by molar-refractivity contribution is 0.215. The normalized spacial score (nSPS) is 16.8. The lowest BCUT2D eigenvalue weighted by Gasteiger charge is -2.26. The first-order chi connectivity index (χ1) is 12.7. The van der Waals surface area contributed by atoms with Crippen molar-refractivity contribution < 1.29 is 8.83 Å². The molecule has 1 aliphatic heterocycles. The maximum absolute atomic E-state index is 5.69. The Morgan fingerprint density at radius 2 is 2.08 bits per heavy atom. The van der Waals surface area contributed by atoms with Gasteiger partial charge in [0, 0.05) is 18.7 Å². The van der Waals surface area contributed by atoms with Crippen molar-refractivity contribution in [2.75, 3.05) is 26.2 Å². The molecule has 1 fully saturated rings. The molecule has 0 aromatic carbocycles. The first kappa shape index (κ1) is 18.6. The van der Waals surface area contributed by atoms with Crippen molar-refractivity contribution in [3.8, 4) is 0 Å². The highest BCUT2D eigenvalue weighted by Gasteiger charge is 2.25. The summed E-state index contributed by atoms with van der Waals surface area (Å²) in [6.45, 7) is 10.5. The molecule has 1 atom stereocenters. The molecule has 0 amide bonds. The maximum Gasteiger partial charge on any atom is 0.191 e. The third kappa shape index (κ3) is 4.69. The number of aryl methyl sites for hydroxylation is 2. The lowest BCUT2D eigenvalue weighted by atomic mass is 10.2. The Labute approximate surface area is 155 Å². The van der Waals surface area contributed by atoms with Crippen LogP contribution >= 0.6 is 0 Å². The second kappa shape index (κ2) is 8.94. The van der Waals surface area contributed by atoms with E-state index in [1.165, 1.54) is 12.8 Å². The van der Waals surface area contributed by atoms with Crippen LogP contribution in [0, 0.1) is 13.8 Å². The fraction of sp³-hybridized carbons (Fsp3) is 0.550. The van der Waals surface area contributed by atoms with Gasteiger partial charge in [-0.15, -0.1) is 0 Å². The molecule has 1 unspecified atom stereocenters. The summed E-state index contributed by atoms with van der Waals surface area (Å²) in [4.78, 5) is 7.21. The highest BCUT2D eigenvalue weighted by molar-refractivity contribution is 5.79. The van der Waals surface area contributed by atoms with Gasteiger partial charge in [0.15, 0.2) is 5.96 Å². The Morgan fingerprint density at radius 3 is 2.69 bits per heavy atom. The van der Waals surface area contributed by atoms with E-state index in [2.05, 4.69) is 34.6 Å². The van der Waals surface area contributed by atoms with Crippen molar-refractivity contribution in [2.45, 2.75) is 46.2 Å². The summed E-state index contributed by atoms with van der Waals surface area (Å²) in [5.74, 6) is 3.70. The Balaban J connectivity index is 1.66. The van der Waals surface area contributed by atoms with Crippen LogP contribution in [0.15, 0.2) is 38.3 Å². The van der Waals surface area contributed by atoms with Crippen molar-refractivity contribution in [2.24, 2.45) is 4.99 Å². The van der Waals surface area contributed by atoms with Gasteiger partial charge < -0.3 is 19.5 Å². The molecular formula is C20H30N4O2. The first-order valence-electron chi connectivity index (χ1n) is 9.53. The van der Waals surface area contributed by atoms with Gasteiger partial charge in [0.25, 0.3) is 0 Å². The minimum Gasteiger partial charge on any atom is -0.468 e. The van der Waals surface area contributed by atoms with Gasteiger partial charge in [0.05, 0.1) is 18.8 Å². The number of nitrogens with zero attached hydrogens (tertiary/aromatic N) is 2. The number of furan rings is 2. The van der Waals surface area contributed by atoms with Gasteiger partial charge in [-0.05, 0) is 64.9 Å². The molecule has 0 aliphatic carbocycles. The molecular weight excluding hydrogens is 328 g/mol. The Bertz CT molecular complexity index is 699. The fourth-order valence-corrected chi connectivity index (χ4v) is 3.48. The van der Waals surface area contributed by atoms with Crippen LogP contribution in [0.25, 0.3) is 0 Å². The largest absolute Gasteiger partial charge is 0.468 e. The van der Waals surface area contributed by atoms with E-state index in [-0.39, 0.29) is 6.04 Å². The van der Waals surface area contributed by atoms with Crippen molar-refractivity contribution in [1.29, 1.82) is 0 Å². The standard InChI is InChI=1S/C20H30N4O2/c1-4-21-20(22-13-17-12-15(2)26-16(17)3)23-14-18(19-8-7-11-25-19)24-9-5-6-10-24/h7-8,11-12,18H,4-6,9-10,13-14H2,1-3H3,(H2,21,22,23). The molecule has 1 saturated heterocycles. The SMILES string of the molecule is CCNC(=NCc1cc(C)oc1C)NCC(c1ccco1)N1CCCC1. The van der Waals surface area contributed by atoms with Gasteiger partial charge in [-0.2, -0.15) is 0 Å². The van der Waals surface area contributed by atoms with Gasteiger partial charge in [-0.1, -0.05) is 0 Å². The summed E-state index contributed by atoms with van der Waals surface area (Å²) < 4.78 is 11.3. The average Bonchev–Trinajstić information content (AvgIpc) is 3.36. The van der Waals surface area contributed by atoms with Crippen LogP contribution in [0.3, 0.4) is 0 Å². The number of hydrogen-bond acceptors (Lipinski definition) is 4. The minimum absolute atomic E-state index is 0.231. The van der Waals surface area contributed by atoms with E-state index in [1.54, 1.807) is 6.26 Å². The van der Waals surface area contributed by atoms with Gasteiger partial charge >= 0.3 is 0 Å². The zero-order valence-corrected chi connectivity index (χ0v) is 16.0. The molecule has 2 N–H and O–H groups in total. The fourth-order valence-electron chi connectivity index (χ4n) is 3.48. The maximum atomic E-state index is 5.69. The van der Waals surface area contributed by atoms with E-state index in [0.29, 0.717) is 6.54 Å². The molecule has 2 aromatic rings. The average molecular weight is 358 g/mol. The van der Waals surface area contributed by atoms with Gasteiger partial charge in [-0.3, -0.25) is 4.90 Å². The molecule has 142 valence electrons. The van der Waals surface area contributed by atoms with Crippen molar-refractivity contribution in [1.82, 2.24) is 15.5 Å². The Hall–Kier alpha value is -2.21. The van der Waals surface area contributed by atoms with Gasteiger partial charge in [0.1, 0.15) is 17.3 Å². The van der Waals surface area contributed by atoms with E-state index in [0.717, 1.165) is 55.0 Å². The molecule has 26 heavy (non-hydrogen) atoms. The minimum atomic E-state index is 0.231. The first-order valence-corrected chi connectivity index (χ1v) is 9.53. The summed E-state index contributed by atoms with van der Waals surface area (Å²) in [5, 5.41) is 6.82. The van der Waals surface area contributed by atoms with E-state index < -0.39 is 0 Å². The van der Waals surface area contributed by atoms with Crippen LogP contribution in [0.5, 0.6) is 0 Å². The number of rotatable bonds is 7. The molecule has 6 heteroatoms. The summed E-state index contributed by atoms with van der Waals surface area (Å²) in [6.07, 6.45) is 4.26. The zero-order valence-electron chi connectivity index (χ0n) is 16.0. The molecule has 2 aromatic heterocycles. The number of aliphatic imine (C=N–C) groups is 1. The summed E-state index contributed by atoms with van der Waals surface area (Å²) in [7, 11) is 0. The molecule has 0 saturated carbocycles. The highest BCUT2D eigenvalue weighted by Crippen LogP contribution is 2.24. The van der Waals surface area contributed by atoms with Crippen LogP contribution in [0.2, 0.25) is 0 Å². The highest BCUT2D eigenvalue weighted by atomic mass is 16.3. The second-order valence-corrected chi connectivity index (χ2v) is 6.79. The van der Waals surface area contributed by atoms with Crippen molar-refractivity contribution >= 4 is 5.96 Å². The predicted octanol–water partition coefficient (Wildman–Crippen LogP) is 3.38. The van der Waals surface area contributed by atoms with E-state index >= 15 is 0 Å². The molecule has 0 bridgehead atoms. The third-order valence-corrected chi connectivity index (χ3v) is 4.81. The molecule has 3 heterocycles. The van der Waals surface area contributed by atoms with E-state index in [9.17, 15) is 0 Å². The smallest absolute Gasteiger partial charge is 0.191 e. The topological polar surface area (TPSA) is 65.9 Å². The third-order valence-electron chi connectivity index (χ3n) is 4.81. The van der Waals surface area contributed by atoms with Crippen molar-refractivity contribution in [3.63, 3.8) is 0 Å². The summed E-state index contributed by atoms with van der Waals surface area (Å²) in [5.41, 5.74) is 1.13. The number of hydrogen-bond donors (Lipinski definition) is 2. The lowest BCUT2D eigenvalue weighted by Crippen LogP contribution is -2.42. The summed E-state index contributed by atoms with van der Waals surface area (Å²) in [6, 6.07) is 6.31. The Kier molecular flexibility index (Phi) is 6.39. The van der Waals surface area contributed by atoms with Crippen LogP contribution in [-0.4, -0.2) is 37.0 Å². The zero-order chi connectivity index (χ0) is 18.4. The number of likely N-dealkylation sites (tertiary alicyclic amines) is 1. The molecule has 3 rings (SSSR count). The Morgan fingerprint density at radius 1 is 1.27 bits per heavy atom. The predicted molar refractivity (Wildman–Crippen MR) is 103 cm³/mol. The van der Waals surface area contributed by atoms with Crippen LogP contribution in [0.4, 0.5) is 0 Å². The second-order valence-electron chi connectivity index (χ2n) is 6.79. The van der Waals surface area contributed by atoms with Crippen LogP contribution in [-0.2, 0) is 6.54 Å². The van der Waals surface area contributed by atoms with Gasteiger partial charge in [0.2, 0.25) is 0 Å². The molecule has 6 nitrogen and oxygen atoms in total. The van der Waals surface area contributed by atoms with Gasteiger partial charge in [-0.25, -0.2) is 4.99 Å². The number of nitrogens with one attached hydrogen (secondary N) is 2. The van der Waals surface area contributed by atoms with Crippen LogP contribution < -0.4 is 10.6 Å². The van der Waals surface area contributed by atoms with E-state index in [1.807, 2.05) is 19.9 Å². The number of guanidine groups is 1. The van der Waals surface area contributed by atoms with E-state index in [4.69, 9.17) is 13.8 Å². The van der Waals surface area contributed by atoms with Crippen molar-refractivity contribution in [3.05, 3.63) is 47.3 Å². The summed E-state index contributed by atoms with van der Waals surface area (Å²) >= 11 is 0. The van der Waals surface area contributed by atoms with Crippen LogP contribution in [0.1, 0.15) is 48.7 Å². The monoisotopic (exact) mass is 358 g/mol. The quantitative estimate of drug-likeness (QED) is 0.587. The molecule has 1 aliphatic rings. The molecule has 0 spiro atoms. The molecule has 0 radical (unpaired) electrons.